The third kappa shape index (κ3) is 8.01. The van der Waals surface area contributed by atoms with Crippen molar-refractivity contribution in [3.05, 3.63) is 12.4 Å². The van der Waals surface area contributed by atoms with Crippen molar-refractivity contribution in [1.82, 2.24) is 19.2 Å². The molecule has 0 radical (unpaired) electrons. The lowest BCUT2D eigenvalue weighted by atomic mass is 9.98. The average Bonchev–Trinajstić information content (AvgIpc) is 3.64. The number of anilines is 1. The van der Waals surface area contributed by atoms with Crippen LogP contribution in [0.4, 0.5) is 10.6 Å². The number of piperidine rings is 1. The molecule has 0 N–H and O–H groups in total. The van der Waals surface area contributed by atoms with Crippen molar-refractivity contribution in [3.63, 3.8) is 0 Å². The van der Waals surface area contributed by atoms with Gasteiger partial charge in [0.2, 0.25) is 21.8 Å². The van der Waals surface area contributed by atoms with E-state index in [0.29, 0.717) is 37.8 Å². The molecule has 2 saturated heterocycles. The molecule has 0 atom stereocenters. The van der Waals surface area contributed by atoms with Crippen LogP contribution in [0.3, 0.4) is 0 Å². The van der Waals surface area contributed by atoms with Crippen LogP contribution in [0.2, 0.25) is 0 Å². The molecule has 2 amide bonds. The molecule has 3 fully saturated rings. The van der Waals surface area contributed by atoms with Gasteiger partial charge in [-0.1, -0.05) is 13.3 Å². The SMILES string of the molecule is CCCCOC(=O)CS(=O)(=O)N1CCN(c2cnc(OCC3CCN(C(=O)OC4(C)CC4)CC3)cn2)C(=O)C1. The van der Waals surface area contributed by atoms with E-state index in [2.05, 4.69) is 9.97 Å². The highest BCUT2D eigenvalue weighted by molar-refractivity contribution is 7.89. The van der Waals surface area contributed by atoms with E-state index in [1.54, 1.807) is 4.90 Å². The van der Waals surface area contributed by atoms with E-state index >= 15 is 0 Å². The van der Waals surface area contributed by atoms with Gasteiger partial charge in [0.05, 0.1) is 32.2 Å². The van der Waals surface area contributed by atoms with Gasteiger partial charge in [0.1, 0.15) is 5.60 Å². The van der Waals surface area contributed by atoms with E-state index in [0.717, 1.165) is 36.4 Å². The van der Waals surface area contributed by atoms with Gasteiger partial charge in [0, 0.05) is 26.2 Å². The van der Waals surface area contributed by atoms with Crippen molar-refractivity contribution in [2.75, 3.05) is 56.6 Å². The third-order valence-corrected chi connectivity index (χ3v) is 8.86. The van der Waals surface area contributed by atoms with Crippen molar-refractivity contribution in [2.45, 2.75) is 58.0 Å². The second-order valence-electron chi connectivity index (χ2n) is 10.5. The Balaban J connectivity index is 1.20. The fourth-order valence-corrected chi connectivity index (χ4v) is 5.54. The van der Waals surface area contributed by atoms with Crippen molar-refractivity contribution in [1.29, 1.82) is 0 Å². The molecule has 0 bridgehead atoms. The zero-order valence-corrected chi connectivity index (χ0v) is 23.4. The van der Waals surface area contributed by atoms with Gasteiger partial charge in [-0.25, -0.2) is 23.2 Å². The molecule has 1 aliphatic carbocycles. The Bertz CT molecular complexity index is 1130. The van der Waals surface area contributed by atoms with Crippen LogP contribution < -0.4 is 9.64 Å². The highest BCUT2D eigenvalue weighted by Gasteiger charge is 2.43. The third-order valence-electron chi connectivity index (χ3n) is 7.16. The smallest absolute Gasteiger partial charge is 0.410 e. The zero-order chi connectivity index (χ0) is 28.0. The number of rotatable bonds is 11. The maximum absolute atomic E-state index is 12.7. The Kier molecular flexibility index (Phi) is 9.26. The van der Waals surface area contributed by atoms with Crippen LogP contribution in [-0.4, -0.2) is 103 Å². The van der Waals surface area contributed by atoms with Gasteiger partial charge < -0.3 is 19.1 Å². The molecule has 14 heteroatoms. The predicted octanol–water partition coefficient (Wildman–Crippen LogP) is 1.58. The molecule has 3 aliphatic rings. The lowest BCUT2D eigenvalue weighted by molar-refractivity contribution is -0.140. The second kappa shape index (κ2) is 12.5. The number of piperazine rings is 1. The molecule has 1 aromatic heterocycles. The zero-order valence-electron chi connectivity index (χ0n) is 22.5. The minimum atomic E-state index is -3.97. The van der Waals surface area contributed by atoms with Crippen molar-refractivity contribution < 1.29 is 37.0 Å². The van der Waals surface area contributed by atoms with Crippen molar-refractivity contribution >= 4 is 33.8 Å². The number of carbonyl (C=O) groups excluding carboxylic acids is 3. The van der Waals surface area contributed by atoms with Crippen LogP contribution in [0.15, 0.2) is 12.4 Å². The summed E-state index contributed by atoms with van der Waals surface area (Å²) >= 11 is 0. The number of aromatic nitrogens is 2. The molecular weight excluding hydrogens is 530 g/mol. The van der Waals surface area contributed by atoms with Crippen molar-refractivity contribution in [3.8, 4) is 5.88 Å². The largest absolute Gasteiger partial charge is 0.476 e. The fraction of sp³-hybridized carbons (Fsp3) is 0.720. The maximum Gasteiger partial charge on any atom is 0.410 e. The molecule has 0 unspecified atom stereocenters. The number of hydrogen-bond acceptors (Lipinski definition) is 10. The highest BCUT2D eigenvalue weighted by Crippen LogP contribution is 2.39. The minimum Gasteiger partial charge on any atom is -0.476 e. The lowest BCUT2D eigenvalue weighted by Crippen LogP contribution is -2.53. The topological polar surface area (TPSA) is 149 Å². The number of nitrogens with zero attached hydrogens (tertiary/aromatic N) is 5. The number of likely N-dealkylation sites (tertiary alicyclic amines) is 1. The van der Waals surface area contributed by atoms with Crippen LogP contribution in [0.5, 0.6) is 5.88 Å². The standard InChI is InChI=1S/C25H37N5O8S/c1-3-4-13-36-23(32)18-39(34,35)29-11-12-30(22(31)16-29)20-14-27-21(15-26-20)37-17-19-5-9-28(10-6-19)24(33)38-25(2)7-8-25/h14-15,19H,3-13,16-18H2,1-2H3. The van der Waals surface area contributed by atoms with Gasteiger partial charge in [0.15, 0.2) is 11.6 Å². The van der Waals surface area contributed by atoms with Crippen LogP contribution >= 0.6 is 0 Å². The highest BCUT2D eigenvalue weighted by atomic mass is 32.2. The maximum atomic E-state index is 12.7. The van der Waals surface area contributed by atoms with E-state index in [1.165, 1.54) is 17.3 Å². The summed E-state index contributed by atoms with van der Waals surface area (Å²) in [6.45, 7) is 5.46. The summed E-state index contributed by atoms with van der Waals surface area (Å²) < 4.78 is 42.4. The summed E-state index contributed by atoms with van der Waals surface area (Å²) in [4.78, 5) is 48.4. The number of ether oxygens (including phenoxy) is 3. The number of sulfonamides is 1. The fourth-order valence-electron chi connectivity index (χ4n) is 4.31. The summed E-state index contributed by atoms with van der Waals surface area (Å²) in [7, 11) is -3.97. The van der Waals surface area contributed by atoms with Crippen molar-refractivity contribution in [2.24, 2.45) is 5.92 Å². The van der Waals surface area contributed by atoms with Gasteiger partial charge in [0.25, 0.3) is 0 Å². The second-order valence-corrected chi connectivity index (χ2v) is 12.5. The first-order valence-electron chi connectivity index (χ1n) is 13.4. The first-order valence-corrected chi connectivity index (χ1v) is 15.1. The molecule has 39 heavy (non-hydrogen) atoms. The summed E-state index contributed by atoms with van der Waals surface area (Å²) in [5, 5.41) is 0. The van der Waals surface area contributed by atoms with Gasteiger partial charge in [-0.15, -0.1) is 0 Å². The molecule has 1 saturated carbocycles. The number of esters is 1. The summed E-state index contributed by atoms with van der Waals surface area (Å²) in [6.07, 6.45) is 7.54. The Morgan fingerprint density at radius 2 is 1.85 bits per heavy atom. The molecule has 216 valence electrons. The Morgan fingerprint density at radius 3 is 2.46 bits per heavy atom. The van der Waals surface area contributed by atoms with E-state index in [-0.39, 0.29) is 37.3 Å². The van der Waals surface area contributed by atoms with E-state index in [9.17, 15) is 22.8 Å². The molecule has 13 nitrogen and oxygen atoms in total. The summed E-state index contributed by atoms with van der Waals surface area (Å²) in [6, 6.07) is 0. The van der Waals surface area contributed by atoms with Crippen LogP contribution in [0, 0.1) is 5.92 Å². The van der Waals surface area contributed by atoms with Gasteiger partial charge in [-0.3, -0.25) is 14.5 Å². The predicted molar refractivity (Wildman–Crippen MR) is 140 cm³/mol. The van der Waals surface area contributed by atoms with Crippen LogP contribution in [-0.2, 0) is 29.1 Å². The molecule has 1 aromatic rings. The van der Waals surface area contributed by atoms with Crippen LogP contribution in [0.25, 0.3) is 0 Å². The summed E-state index contributed by atoms with van der Waals surface area (Å²) in [5.41, 5.74) is -0.277. The average molecular weight is 568 g/mol. The minimum absolute atomic E-state index is 0.0295. The first-order chi connectivity index (χ1) is 18.6. The first kappa shape index (κ1) is 29.0. The van der Waals surface area contributed by atoms with E-state index in [4.69, 9.17) is 14.2 Å². The molecule has 2 aliphatic heterocycles. The Morgan fingerprint density at radius 1 is 1.10 bits per heavy atom. The van der Waals surface area contributed by atoms with Gasteiger partial charge >= 0.3 is 12.1 Å². The number of carbonyl (C=O) groups is 3. The number of hydrogen-bond donors (Lipinski definition) is 0. The quantitative estimate of drug-likeness (QED) is 0.285. The number of amides is 2. The Hall–Kier alpha value is -3.00. The van der Waals surface area contributed by atoms with Crippen LogP contribution in [0.1, 0.15) is 52.4 Å². The van der Waals surface area contributed by atoms with E-state index in [1.807, 2.05) is 13.8 Å². The summed E-state index contributed by atoms with van der Waals surface area (Å²) in [5.74, 6) is -1.20. The Labute approximate surface area is 228 Å². The van der Waals surface area contributed by atoms with Gasteiger partial charge in [-0.05, 0) is 44.9 Å². The number of unbranched alkanes of at least 4 members (excludes halogenated alkanes) is 1. The monoisotopic (exact) mass is 567 g/mol. The molecule has 4 rings (SSSR count). The van der Waals surface area contributed by atoms with E-state index < -0.39 is 34.2 Å². The molecule has 0 spiro atoms. The molecule has 3 heterocycles. The molecule has 0 aromatic carbocycles. The normalized spacial score (nSPS) is 20.0. The van der Waals surface area contributed by atoms with Gasteiger partial charge in [-0.2, -0.15) is 4.31 Å². The lowest BCUT2D eigenvalue weighted by Gasteiger charge is -2.32. The molecular formula is C25H37N5O8S.